The number of aromatic nitrogens is 3. The minimum Gasteiger partial charge on any atom is -0.487 e. The Bertz CT molecular complexity index is 1460. The van der Waals surface area contributed by atoms with E-state index in [4.69, 9.17) is 14.2 Å². The van der Waals surface area contributed by atoms with Gasteiger partial charge in [-0.15, -0.1) is 11.8 Å². The predicted octanol–water partition coefficient (Wildman–Crippen LogP) is 6.74. The second kappa shape index (κ2) is 15.0. The van der Waals surface area contributed by atoms with E-state index in [2.05, 4.69) is 10.1 Å². The maximum atomic E-state index is 15.0. The Morgan fingerprint density at radius 2 is 1.76 bits per heavy atom. The van der Waals surface area contributed by atoms with Crippen molar-refractivity contribution in [2.45, 2.75) is 54.4 Å². The molecule has 2 unspecified atom stereocenters. The number of aliphatic hydroxyl groups is 1. The first-order valence-corrected chi connectivity index (χ1v) is 14.7. The van der Waals surface area contributed by atoms with Gasteiger partial charge in [-0.05, 0) is 35.9 Å². The fourth-order valence-electron chi connectivity index (χ4n) is 4.37. The van der Waals surface area contributed by atoms with E-state index >= 15 is 4.39 Å². The Morgan fingerprint density at radius 3 is 2.35 bits per heavy atom. The van der Waals surface area contributed by atoms with E-state index in [1.807, 2.05) is 0 Å². The molecular weight excluding hydrogens is 650 g/mol. The second-order valence-electron chi connectivity index (χ2n) is 10.3. The Hall–Kier alpha value is -3.47. The van der Waals surface area contributed by atoms with Crippen LogP contribution in [0.2, 0.25) is 0 Å². The normalized spacial score (nSPS) is 20.0. The van der Waals surface area contributed by atoms with E-state index in [-0.39, 0.29) is 36.3 Å². The molecule has 1 N–H and O–H groups in total. The maximum absolute atomic E-state index is 15.0. The lowest BCUT2D eigenvalue weighted by atomic mass is 9.89. The number of hydrogen-bond donors (Lipinski definition) is 1. The van der Waals surface area contributed by atoms with Gasteiger partial charge in [0.1, 0.15) is 29.8 Å². The molecule has 2 atom stereocenters. The first-order chi connectivity index (χ1) is 21.7. The van der Waals surface area contributed by atoms with Gasteiger partial charge in [0, 0.05) is 10.8 Å². The molecular formula is C30H29F8N3O4S. The van der Waals surface area contributed by atoms with E-state index in [0.29, 0.717) is 17.7 Å². The van der Waals surface area contributed by atoms with Crippen LogP contribution in [0.4, 0.5) is 35.1 Å². The minimum absolute atomic E-state index is 0.0140. The van der Waals surface area contributed by atoms with Gasteiger partial charge in [0.05, 0.1) is 30.6 Å². The zero-order chi connectivity index (χ0) is 33.5. The van der Waals surface area contributed by atoms with Crippen molar-refractivity contribution in [1.29, 1.82) is 0 Å². The molecule has 0 bridgehead atoms. The highest BCUT2D eigenvalue weighted by atomic mass is 32.2. The van der Waals surface area contributed by atoms with Gasteiger partial charge in [-0.1, -0.05) is 43.4 Å². The van der Waals surface area contributed by atoms with Crippen molar-refractivity contribution in [3.05, 3.63) is 95.9 Å². The van der Waals surface area contributed by atoms with E-state index in [1.165, 1.54) is 41.2 Å². The summed E-state index contributed by atoms with van der Waals surface area (Å²) in [7, 11) is 0. The van der Waals surface area contributed by atoms with Crippen LogP contribution in [0.25, 0.3) is 6.08 Å². The molecule has 0 radical (unpaired) electrons. The van der Waals surface area contributed by atoms with Gasteiger partial charge in [-0.3, -0.25) is 0 Å². The smallest absolute Gasteiger partial charge is 0.416 e. The number of halogens is 8. The van der Waals surface area contributed by atoms with Crippen LogP contribution in [0, 0.1) is 5.82 Å². The summed E-state index contributed by atoms with van der Waals surface area (Å²) in [6.45, 7) is 0.278. The number of allylic oxidation sites excluding steroid dienone is 2. The summed E-state index contributed by atoms with van der Waals surface area (Å²) in [5.74, 6) is -5.45. The lowest BCUT2D eigenvalue weighted by Crippen LogP contribution is -2.43. The first kappa shape index (κ1) is 35.4. The molecule has 16 heteroatoms. The molecule has 3 aromatic rings. The van der Waals surface area contributed by atoms with Crippen LogP contribution in [0.3, 0.4) is 0 Å². The minimum atomic E-state index is -4.76. The zero-order valence-electron chi connectivity index (χ0n) is 24.1. The van der Waals surface area contributed by atoms with Crippen molar-refractivity contribution in [3.63, 3.8) is 0 Å². The topological polar surface area (TPSA) is 78.6 Å². The molecule has 2 heterocycles. The molecule has 1 aromatic heterocycles. The van der Waals surface area contributed by atoms with Crippen molar-refractivity contribution >= 4 is 17.8 Å². The lowest BCUT2D eigenvalue weighted by Gasteiger charge is -2.37. The van der Waals surface area contributed by atoms with Crippen LogP contribution in [-0.2, 0) is 27.8 Å². The average molecular weight is 680 g/mol. The van der Waals surface area contributed by atoms with Gasteiger partial charge >= 0.3 is 18.5 Å². The molecule has 250 valence electrons. The Kier molecular flexibility index (Phi) is 11.5. The van der Waals surface area contributed by atoms with Crippen LogP contribution in [-0.4, -0.2) is 68.8 Å². The largest absolute Gasteiger partial charge is 0.487 e. The monoisotopic (exact) mass is 679 g/mol. The summed E-state index contributed by atoms with van der Waals surface area (Å²) >= 11 is 1.22. The van der Waals surface area contributed by atoms with Gasteiger partial charge in [0.2, 0.25) is 0 Å². The molecule has 2 aromatic carbocycles. The van der Waals surface area contributed by atoms with E-state index in [0.717, 1.165) is 6.07 Å². The van der Waals surface area contributed by atoms with Crippen LogP contribution in [0.1, 0.15) is 23.6 Å². The molecule has 46 heavy (non-hydrogen) atoms. The Balaban J connectivity index is 1.31. The van der Waals surface area contributed by atoms with Crippen molar-refractivity contribution in [3.8, 4) is 5.75 Å². The number of benzene rings is 2. The zero-order valence-corrected chi connectivity index (χ0v) is 24.9. The second-order valence-corrected chi connectivity index (χ2v) is 12.0. The number of thioether (sulfide) groups is 1. The van der Waals surface area contributed by atoms with Crippen molar-refractivity contribution in [2.75, 3.05) is 19.8 Å². The average Bonchev–Trinajstić information content (AvgIpc) is 3.52. The SMILES string of the molecule is CC(SC1COC(/C=C/C=C/c2ccc(OCC(F)(F)C(F)F)cc2)OC1)C(O)(Cn1cncn1)c1ccc(C(F)(F)F)cc1F. The predicted molar refractivity (Wildman–Crippen MR) is 153 cm³/mol. The van der Waals surface area contributed by atoms with Gasteiger partial charge in [-0.25, -0.2) is 22.8 Å². The number of nitrogens with zero attached hydrogens (tertiary/aromatic N) is 3. The number of rotatable bonds is 13. The number of alkyl halides is 7. The molecule has 1 fully saturated rings. The quantitative estimate of drug-likeness (QED) is 0.159. The molecule has 1 saturated heterocycles. The molecule has 1 aliphatic heterocycles. The van der Waals surface area contributed by atoms with E-state index in [9.17, 15) is 35.8 Å². The molecule has 0 aliphatic carbocycles. The molecule has 0 amide bonds. The third-order valence-electron chi connectivity index (χ3n) is 6.89. The Morgan fingerprint density at radius 1 is 1.07 bits per heavy atom. The summed E-state index contributed by atoms with van der Waals surface area (Å²) in [5, 5.41) is 14.6. The van der Waals surface area contributed by atoms with Gasteiger partial charge in [0.25, 0.3) is 0 Å². The molecule has 4 rings (SSSR count). The highest BCUT2D eigenvalue weighted by Crippen LogP contribution is 2.40. The van der Waals surface area contributed by atoms with Crippen LogP contribution in [0.5, 0.6) is 5.75 Å². The highest BCUT2D eigenvalue weighted by Gasteiger charge is 2.43. The fourth-order valence-corrected chi connectivity index (χ4v) is 5.69. The van der Waals surface area contributed by atoms with E-state index < -0.39 is 53.7 Å². The van der Waals surface area contributed by atoms with Gasteiger partial charge < -0.3 is 19.3 Å². The van der Waals surface area contributed by atoms with Crippen LogP contribution >= 0.6 is 11.8 Å². The first-order valence-electron chi connectivity index (χ1n) is 13.7. The number of hydrogen-bond acceptors (Lipinski definition) is 7. The van der Waals surface area contributed by atoms with Crippen molar-refractivity contribution in [1.82, 2.24) is 14.8 Å². The summed E-state index contributed by atoms with van der Waals surface area (Å²) in [5.41, 5.74) is -2.80. The Labute approximate surface area is 262 Å². The standard InChI is InChI=1S/C30H29F8N3O4S/c1-19(28(42,15-41-18-39-17-40-41)24-11-8-21(12-25(24)31)30(36,37)38)46-23-13-43-26(44-14-23)5-3-2-4-20-6-9-22(10-7-20)45-16-29(34,35)27(32)33/h2-12,17-19,23,26-27,42H,13-16H2,1H3/b4-2+,5-3+. The number of ether oxygens (including phenoxy) is 3. The van der Waals surface area contributed by atoms with Crippen LogP contribution in [0.15, 0.2) is 73.3 Å². The maximum Gasteiger partial charge on any atom is 0.416 e. The molecule has 0 saturated carbocycles. The molecule has 0 spiro atoms. The summed E-state index contributed by atoms with van der Waals surface area (Å²) in [4.78, 5) is 3.81. The van der Waals surface area contributed by atoms with Crippen molar-refractivity contribution < 1.29 is 54.4 Å². The highest BCUT2D eigenvalue weighted by molar-refractivity contribution is 8.00. The van der Waals surface area contributed by atoms with Crippen molar-refractivity contribution in [2.24, 2.45) is 0 Å². The molecule has 1 aliphatic rings. The van der Waals surface area contributed by atoms with Gasteiger partial charge in [-0.2, -0.15) is 27.1 Å². The summed E-state index contributed by atoms with van der Waals surface area (Å²) < 4.78 is 122. The third kappa shape index (κ3) is 9.30. The summed E-state index contributed by atoms with van der Waals surface area (Å²) in [6.07, 6.45) is -0.134. The third-order valence-corrected chi connectivity index (χ3v) is 8.35. The van der Waals surface area contributed by atoms with E-state index in [1.54, 1.807) is 43.4 Å². The van der Waals surface area contributed by atoms with Gasteiger partial charge in [0.15, 0.2) is 12.9 Å². The van der Waals surface area contributed by atoms with Crippen LogP contribution < -0.4 is 4.74 Å². The molecule has 7 nitrogen and oxygen atoms in total. The fraction of sp³-hybridized carbons (Fsp3) is 0.400. The lowest BCUT2D eigenvalue weighted by molar-refractivity contribution is -0.148. The summed E-state index contributed by atoms with van der Waals surface area (Å²) in [6, 6.07) is 7.84.